The molecule has 1 aliphatic rings. The molecule has 0 aromatic heterocycles. The van der Waals surface area contributed by atoms with Crippen molar-refractivity contribution in [3.05, 3.63) is 29.3 Å². The number of nitrogens with zero attached hydrogens (tertiary/aromatic N) is 1. The number of nitrogens with two attached hydrogens (primary N) is 1. The monoisotopic (exact) mass is 261 g/mol. The van der Waals surface area contributed by atoms with E-state index in [0.29, 0.717) is 18.9 Å². The summed E-state index contributed by atoms with van der Waals surface area (Å²) in [5.41, 5.74) is 8.95. The first-order valence-corrected chi connectivity index (χ1v) is 6.92. The maximum atomic E-state index is 11.5. The smallest absolute Gasteiger partial charge is 0.225 e. The highest BCUT2D eigenvalue weighted by Gasteiger charge is 2.19. The fraction of sp³-hybridized carbons (Fsp3) is 0.533. The number of amides is 1. The molecule has 0 saturated carbocycles. The molecule has 0 saturated heterocycles. The van der Waals surface area contributed by atoms with E-state index in [9.17, 15) is 4.79 Å². The summed E-state index contributed by atoms with van der Waals surface area (Å²) in [6.07, 6.45) is 0.372. The minimum absolute atomic E-state index is 0.0144. The summed E-state index contributed by atoms with van der Waals surface area (Å²) in [7, 11) is 0. The highest BCUT2D eigenvalue weighted by atomic mass is 16.1. The molecule has 104 valence electrons. The zero-order valence-corrected chi connectivity index (χ0v) is 11.8. The molecule has 0 fully saturated rings. The van der Waals surface area contributed by atoms with Crippen LogP contribution in [0.1, 0.15) is 31.4 Å². The summed E-state index contributed by atoms with van der Waals surface area (Å²) in [5.74, 6) is 0.664. The van der Waals surface area contributed by atoms with Gasteiger partial charge in [-0.15, -0.1) is 0 Å². The van der Waals surface area contributed by atoms with Crippen LogP contribution in [0.3, 0.4) is 0 Å². The molecule has 0 atom stereocenters. The molecule has 2 rings (SSSR count). The highest BCUT2D eigenvalue weighted by molar-refractivity contribution is 5.90. The van der Waals surface area contributed by atoms with Gasteiger partial charge in [0.05, 0.1) is 0 Å². The first kappa shape index (κ1) is 14.0. The average Bonchev–Trinajstić information content (AvgIpc) is 2.69. The Bertz CT molecular complexity index is 457. The second kappa shape index (κ2) is 6.17. The van der Waals surface area contributed by atoms with Gasteiger partial charge < -0.3 is 11.1 Å². The molecule has 1 aliphatic heterocycles. The average molecular weight is 261 g/mol. The standard InChI is InChI=1S/C15H23N3O/c1-11(2)8-18-9-12-3-4-14(7-13(12)10-18)17-15(19)5-6-16/h3-4,7,11H,5-6,8-10,16H2,1-2H3,(H,17,19). The lowest BCUT2D eigenvalue weighted by Crippen LogP contribution is -2.21. The van der Waals surface area contributed by atoms with Crippen molar-refractivity contribution in [2.75, 3.05) is 18.4 Å². The molecule has 4 heteroatoms. The first-order valence-electron chi connectivity index (χ1n) is 6.92. The number of rotatable bonds is 5. The van der Waals surface area contributed by atoms with Crippen molar-refractivity contribution in [2.24, 2.45) is 11.7 Å². The minimum atomic E-state index is -0.0144. The Kier molecular flexibility index (Phi) is 4.56. The van der Waals surface area contributed by atoms with Crippen LogP contribution in [-0.2, 0) is 17.9 Å². The maximum absolute atomic E-state index is 11.5. The summed E-state index contributed by atoms with van der Waals surface area (Å²) in [6.45, 7) is 7.98. The second-order valence-corrected chi connectivity index (χ2v) is 5.63. The summed E-state index contributed by atoms with van der Waals surface area (Å²) in [5, 5.41) is 2.89. The fourth-order valence-corrected chi connectivity index (χ4v) is 2.54. The molecule has 0 bridgehead atoms. The van der Waals surface area contributed by atoms with Crippen LogP contribution in [0.25, 0.3) is 0 Å². The Morgan fingerprint density at radius 2 is 2.11 bits per heavy atom. The number of hydrogen-bond acceptors (Lipinski definition) is 3. The zero-order valence-electron chi connectivity index (χ0n) is 11.8. The predicted octanol–water partition coefficient (Wildman–Crippen LogP) is 1.95. The molecule has 0 unspecified atom stereocenters. The van der Waals surface area contributed by atoms with E-state index in [-0.39, 0.29) is 5.91 Å². The van der Waals surface area contributed by atoms with Crippen LogP contribution in [0.5, 0.6) is 0 Å². The molecule has 4 nitrogen and oxygen atoms in total. The van der Waals surface area contributed by atoms with Gasteiger partial charge in [-0.1, -0.05) is 19.9 Å². The maximum Gasteiger partial charge on any atom is 0.225 e. The van der Waals surface area contributed by atoms with Gasteiger partial charge in [0.2, 0.25) is 5.91 Å². The molecule has 0 spiro atoms. The number of nitrogens with one attached hydrogen (secondary N) is 1. The van der Waals surface area contributed by atoms with Crippen LogP contribution >= 0.6 is 0 Å². The molecule has 1 aromatic carbocycles. The van der Waals surface area contributed by atoms with Crippen LogP contribution < -0.4 is 11.1 Å². The number of carbonyl (C=O) groups is 1. The third-order valence-corrected chi connectivity index (χ3v) is 3.27. The quantitative estimate of drug-likeness (QED) is 0.851. The lowest BCUT2D eigenvalue weighted by molar-refractivity contribution is -0.116. The van der Waals surface area contributed by atoms with Gasteiger partial charge >= 0.3 is 0 Å². The molecule has 0 aliphatic carbocycles. The molecule has 1 aromatic rings. The molecule has 19 heavy (non-hydrogen) atoms. The lowest BCUT2D eigenvalue weighted by Gasteiger charge is -2.16. The Hall–Kier alpha value is -1.39. The fourth-order valence-electron chi connectivity index (χ4n) is 2.54. The van der Waals surface area contributed by atoms with E-state index in [0.717, 1.165) is 25.3 Å². The molecule has 1 heterocycles. The van der Waals surface area contributed by atoms with Crippen LogP contribution in [0, 0.1) is 5.92 Å². The van der Waals surface area contributed by atoms with Crippen molar-refractivity contribution in [2.45, 2.75) is 33.4 Å². The number of anilines is 1. The van der Waals surface area contributed by atoms with Crippen molar-refractivity contribution in [1.29, 1.82) is 0 Å². The minimum Gasteiger partial charge on any atom is -0.330 e. The summed E-state index contributed by atoms with van der Waals surface area (Å²) in [4.78, 5) is 14.0. The van der Waals surface area contributed by atoms with E-state index in [4.69, 9.17) is 5.73 Å². The SMILES string of the molecule is CC(C)CN1Cc2ccc(NC(=O)CCN)cc2C1. The van der Waals surface area contributed by atoms with E-state index in [1.165, 1.54) is 11.1 Å². The van der Waals surface area contributed by atoms with Gasteiger partial charge in [-0.25, -0.2) is 0 Å². The Labute approximate surface area is 115 Å². The van der Waals surface area contributed by atoms with Gasteiger partial charge in [0, 0.05) is 38.3 Å². The summed E-state index contributed by atoms with van der Waals surface area (Å²) in [6, 6.07) is 6.18. The topological polar surface area (TPSA) is 58.4 Å². The summed E-state index contributed by atoms with van der Waals surface area (Å²) < 4.78 is 0. The molecule has 0 radical (unpaired) electrons. The van der Waals surface area contributed by atoms with Crippen molar-refractivity contribution in [3.8, 4) is 0 Å². The normalized spacial score (nSPS) is 14.7. The number of carbonyl (C=O) groups excluding carboxylic acids is 1. The number of fused-ring (bicyclic) bond motifs is 1. The predicted molar refractivity (Wildman–Crippen MR) is 77.7 cm³/mol. The van der Waals surface area contributed by atoms with Gasteiger partial charge in [0.25, 0.3) is 0 Å². The van der Waals surface area contributed by atoms with Crippen LogP contribution in [0.4, 0.5) is 5.69 Å². The van der Waals surface area contributed by atoms with E-state index in [2.05, 4.69) is 36.2 Å². The Morgan fingerprint density at radius 1 is 1.37 bits per heavy atom. The van der Waals surface area contributed by atoms with Crippen LogP contribution in [0.15, 0.2) is 18.2 Å². The Balaban J connectivity index is 2.00. The van der Waals surface area contributed by atoms with Crippen molar-refractivity contribution >= 4 is 11.6 Å². The molecular weight excluding hydrogens is 238 g/mol. The van der Waals surface area contributed by atoms with Gasteiger partial charge in [-0.05, 0) is 29.2 Å². The van der Waals surface area contributed by atoms with Crippen molar-refractivity contribution < 1.29 is 4.79 Å². The third-order valence-electron chi connectivity index (χ3n) is 3.27. The number of benzene rings is 1. The largest absolute Gasteiger partial charge is 0.330 e. The van der Waals surface area contributed by atoms with E-state index < -0.39 is 0 Å². The second-order valence-electron chi connectivity index (χ2n) is 5.63. The first-order chi connectivity index (χ1) is 9.08. The van der Waals surface area contributed by atoms with E-state index in [1.807, 2.05) is 6.07 Å². The van der Waals surface area contributed by atoms with Crippen LogP contribution in [-0.4, -0.2) is 23.9 Å². The van der Waals surface area contributed by atoms with E-state index >= 15 is 0 Å². The van der Waals surface area contributed by atoms with Crippen molar-refractivity contribution in [1.82, 2.24) is 4.90 Å². The van der Waals surface area contributed by atoms with Crippen LogP contribution in [0.2, 0.25) is 0 Å². The third kappa shape index (κ3) is 3.78. The summed E-state index contributed by atoms with van der Waals surface area (Å²) >= 11 is 0. The highest BCUT2D eigenvalue weighted by Crippen LogP contribution is 2.26. The molecule has 3 N–H and O–H groups in total. The van der Waals surface area contributed by atoms with E-state index in [1.54, 1.807) is 0 Å². The van der Waals surface area contributed by atoms with Gasteiger partial charge in [0.15, 0.2) is 0 Å². The zero-order chi connectivity index (χ0) is 13.8. The lowest BCUT2D eigenvalue weighted by atomic mass is 10.1. The number of hydrogen-bond donors (Lipinski definition) is 2. The van der Waals surface area contributed by atoms with Crippen molar-refractivity contribution in [3.63, 3.8) is 0 Å². The molecule has 1 amide bonds. The Morgan fingerprint density at radius 3 is 2.79 bits per heavy atom. The van der Waals surface area contributed by atoms with Gasteiger partial charge in [0.1, 0.15) is 0 Å². The van der Waals surface area contributed by atoms with Gasteiger partial charge in [-0.3, -0.25) is 9.69 Å². The molecular formula is C15H23N3O. The van der Waals surface area contributed by atoms with Gasteiger partial charge in [-0.2, -0.15) is 0 Å².